The van der Waals surface area contributed by atoms with Crippen molar-refractivity contribution < 1.29 is 9.53 Å². The maximum absolute atomic E-state index is 12.2. The highest BCUT2D eigenvalue weighted by Gasteiger charge is 2.23. The fourth-order valence-electron chi connectivity index (χ4n) is 2.68. The van der Waals surface area contributed by atoms with Gasteiger partial charge in [0.2, 0.25) is 0 Å². The van der Waals surface area contributed by atoms with Crippen molar-refractivity contribution in [3.63, 3.8) is 0 Å². The average Bonchev–Trinajstić information content (AvgIpc) is 3.05. The predicted octanol–water partition coefficient (Wildman–Crippen LogP) is 2.18. The Balaban J connectivity index is 0.00000147. The molecule has 0 bridgehead atoms. The largest absolute Gasteiger partial charge is 0.492 e. The minimum Gasteiger partial charge on any atom is -0.492 e. The van der Waals surface area contributed by atoms with E-state index in [2.05, 4.69) is 10.6 Å². The summed E-state index contributed by atoms with van der Waals surface area (Å²) >= 11 is 6.05. The van der Waals surface area contributed by atoms with E-state index in [1.807, 2.05) is 6.07 Å². The summed E-state index contributed by atoms with van der Waals surface area (Å²) in [6.45, 7) is 2.32. The normalized spacial score (nSPS) is 19.9. The first-order valence-corrected chi connectivity index (χ1v) is 7.08. The number of rotatable bonds is 3. The van der Waals surface area contributed by atoms with Gasteiger partial charge in [-0.3, -0.25) is 4.79 Å². The predicted molar refractivity (Wildman–Crippen MR) is 81.3 cm³/mol. The highest BCUT2D eigenvalue weighted by atomic mass is 35.5. The van der Waals surface area contributed by atoms with Crippen LogP contribution < -0.4 is 15.4 Å². The maximum atomic E-state index is 12.2. The lowest BCUT2D eigenvalue weighted by molar-refractivity contribution is 0.0947. The van der Waals surface area contributed by atoms with Crippen molar-refractivity contribution in [2.75, 3.05) is 19.7 Å². The molecule has 20 heavy (non-hydrogen) atoms. The van der Waals surface area contributed by atoms with Crippen LogP contribution in [0.2, 0.25) is 5.02 Å². The quantitative estimate of drug-likeness (QED) is 0.898. The van der Waals surface area contributed by atoms with Gasteiger partial charge in [0.15, 0.2) is 0 Å². The van der Waals surface area contributed by atoms with E-state index in [1.165, 1.54) is 6.42 Å². The third-order valence-corrected chi connectivity index (χ3v) is 3.88. The van der Waals surface area contributed by atoms with Crippen LogP contribution in [0.4, 0.5) is 0 Å². The van der Waals surface area contributed by atoms with Crippen molar-refractivity contribution in [2.24, 2.45) is 0 Å². The van der Waals surface area contributed by atoms with Gasteiger partial charge in [-0.25, -0.2) is 0 Å². The number of carbonyl (C=O) groups excluding carboxylic acids is 1. The van der Waals surface area contributed by atoms with Gasteiger partial charge in [-0.05, 0) is 37.1 Å². The van der Waals surface area contributed by atoms with Gasteiger partial charge < -0.3 is 15.4 Å². The first-order valence-electron chi connectivity index (χ1n) is 6.71. The summed E-state index contributed by atoms with van der Waals surface area (Å²) in [4.78, 5) is 12.2. The van der Waals surface area contributed by atoms with Crippen LogP contribution in [0, 0.1) is 0 Å². The van der Waals surface area contributed by atoms with E-state index in [4.69, 9.17) is 16.3 Å². The minimum atomic E-state index is -0.102. The number of ether oxygens (including phenoxy) is 1. The molecule has 0 saturated carbocycles. The Morgan fingerprint density at radius 2 is 2.35 bits per heavy atom. The molecule has 1 fully saturated rings. The highest BCUT2D eigenvalue weighted by molar-refractivity contribution is 6.31. The summed E-state index contributed by atoms with van der Waals surface area (Å²) < 4.78 is 5.54. The molecule has 0 unspecified atom stereocenters. The molecule has 0 spiro atoms. The third kappa shape index (κ3) is 3.19. The van der Waals surface area contributed by atoms with Crippen LogP contribution in [0.15, 0.2) is 12.1 Å². The molecule has 1 saturated heterocycles. The molecule has 110 valence electrons. The second-order valence-corrected chi connectivity index (χ2v) is 5.48. The van der Waals surface area contributed by atoms with Gasteiger partial charge in [-0.1, -0.05) is 11.6 Å². The minimum absolute atomic E-state index is 0. The van der Waals surface area contributed by atoms with Gasteiger partial charge in [0, 0.05) is 24.0 Å². The summed E-state index contributed by atoms with van der Waals surface area (Å²) in [7, 11) is 0. The Morgan fingerprint density at radius 3 is 3.10 bits per heavy atom. The van der Waals surface area contributed by atoms with E-state index in [-0.39, 0.29) is 18.3 Å². The van der Waals surface area contributed by atoms with Crippen LogP contribution in [0.3, 0.4) is 0 Å². The molecular weight excluding hydrogens is 299 g/mol. The summed E-state index contributed by atoms with van der Waals surface area (Å²) in [5.74, 6) is 0.593. The van der Waals surface area contributed by atoms with E-state index < -0.39 is 0 Å². The van der Waals surface area contributed by atoms with E-state index in [9.17, 15) is 4.79 Å². The van der Waals surface area contributed by atoms with E-state index >= 15 is 0 Å². The zero-order chi connectivity index (χ0) is 13.2. The highest BCUT2D eigenvalue weighted by Crippen LogP contribution is 2.32. The fourth-order valence-corrected chi connectivity index (χ4v) is 2.92. The lowest BCUT2D eigenvalue weighted by atomic mass is 10.1. The smallest absolute Gasteiger partial charge is 0.255 e. The molecule has 1 aromatic carbocycles. The van der Waals surface area contributed by atoms with Gasteiger partial charge in [0.1, 0.15) is 5.75 Å². The number of carbonyl (C=O) groups is 1. The first-order chi connectivity index (χ1) is 9.24. The number of nitrogens with one attached hydrogen (secondary N) is 2. The molecule has 4 nitrogen and oxygen atoms in total. The van der Waals surface area contributed by atoms with Gasteiger partial charge in [0.25, 0.3) is 5.91 Å². The molecule has 1 aromatic rings. The molecule has 2 aliphatic heterocycles. The van der Waals surface area contributed by atoms with Crippen LogP contribution in [0.25, 0.3) is 0 Å². The van der Waals surface area contributed by atoms with Gasteiger partial charge in [-0.2, -0.15) is 0 Å². The van der Waals surface area contributed by atoms with Gasteiger partial charge >= 0.3 is 0 Å². The number of hydrogen-bond acceptors (Lipinski definition) is 3. The Morgan fingerprint density at radius 1 is 1.50 bits per heavy atom. The topological polar surface area (TPSA) is 50.4 Å². The second kappa shape index (κ2) is 6.66. The van der Waals surface area contributed by atoms with Crippen LogP contribution in [-0.4, -0.2) is 31.6 Å². The molecule has 0 aromatic heterocycles. The van der Waals surface area contributed by atoms with Crippen molar-refractivity contribution in [3.8, 4) is 5.75 Å². The van der Waals surface area contributed by atoms with Gasteiger partial charge in [-0.15, -0.1) is 12.4 Å². The molecule has 1 amide bonds. The molecular formula is C14H18Cl2N2O2. The Labute approximate surface area is 129 Å². The zero-order valence-electron chi connectivity index (χ0n) is 11.1. The summed E-state index contributed by atoms with van der Waals surface area (Å²) in [6.07, 6.45) is 3.11. The molecule has 1 atom stereocenters. The summed E-state index contributed by atoms with van der Waals surface area (Å²) in [5.41, 5.74) is 1.58. The van der Waals surface area contributed by atoms with E-state index in [0.29, 0.717) is 35.5 Å². The van der Waals surface area contributed by atoms with Crippen molar-refractivity contribution in [2.45, 2.75) is 25.3 Å². The molecule has 0 aliphatic carbocycles. The molecule has 2 aliphatic rings. The Kier molecular flexibility index (Phi) is 5.13. The average molecular weight is 317 g/mol. The standard InChI is InChI=1S/C14H17ClN2O2.ClH/c15-10-6-9-3-5-19-13(9)12(7-10)14(18)17-8-11-2-1-4-16-11;/h6-7,11,16H,1-5,8H2,(H,17,18);1H/t11-;/m0./s1. The first kappa shape index (κ1) is 15.4. The van der Waals surface area contributed by atoms with Crippen LogP contribution in [0.5, 0.6) is 5.75 Å². The van der Waals surface area contributed by atoms with Crippen molar-refractivity contribution >= 4 is 29.9 Å². The van der Waals surface area contributed by atoms with Gasteiger partial charge in [0.05, 0.1) is 12.2 Å². The number of halogens is 2. The van der Waals surface area contributed by atoms with Crippen molar-refractivity contribution in [1.82, 2.24) is 10.6 Å². The number of hydrogen-bond donors (Lipinski definition) is 2. The third-order valence-electron chi connectivity index (χ3n) is 3.66. The molecule has 2 heterocycles. The summed E-state index contributed by atoms with van der Waals surface area (Å²) in [6, 6.07) is 3.94. The fraction of sp³-hybridized carbons (Fsp3) is 0.500. The molecule has 6 heteroatoms. The zero-order valence-corrected chi connectivity index (χ0v) is 12.6. The SMILES string of the molecule is Cl.O=C(NC[C@@H]1CCCN1)c1cc(Cl)cc2c1OCC2. The van der Waals surface area contributed by atoms with E-state index in [1.54, 1.807) is 6.07 Å². The lowest BCUT2D eigenvalue weighted by Gasteiger charge is -2.13. The van der Waals surface area contributed by atoms with Crippen molar-refractivity contribution in [3.05, 3.63) is 28.3 Å². The number of fused-ring (bicyclic) bond motifs is 1. The van der Waals surface area contributed by atoms with Crippen LogP contribution in [-0.2, 0) is 6.42 Å². The van der Waals surface area contributed by atoms with Crippen molar-refractivity contribution in [1.29, 1.82) is 0 Å². The lowest BCUT2D eigenvalue weighted by Crippen LogP contribution is -2.37. The Bertz CT molecular complexity index is 502. The molecule has 0 radical (unpaired) electrons. The molecule has 3 rings (SSSR count). The van der Waals surface area contributed by atoms with Crippen LogP contribution >= 0.6 is 24.0 Å². The van der Waals surface area contributed by atoms with Crippen LogP contribution in [0.1, 0.15) is 28.8 Å². The second-order valence-electron chi connectivity index (χ2n) is 5.04. The number of amides is 1. The Hall–Kier alpha value is -0.970. The maximum Gasteiger partial charge on any atom is 0.255 e. The molecule has 2 N–H and O–H groups in total. The number of benzene rings is 1. The van der Waals surface area contributed by atoms with E-state index in [0.717, 1.165) is 24.9 Å². The summed E-state index contributed by atoms with van der Waals surface area (Å²) in [5, 5.41) is 6.90. The monoisotopic (exact) mass is 316 g/mol.